The largest absolute Gasteiger partial charge is 0.352 e. The first-order valence-corrected chi connectivity index (χ1v) is 6.21. The van der Waals surface area contributed by atoms with E-state index in [1.807, 2.05) is 6.07 Å². The molecule has 0 radical (unpaired) electrons. The van der Waals surface area contributed by atoms with E-state index in [0.29, 0.717) is 16.9 Å². The summed E-state index contributed by atoms with van der Waals surface area (Å²) in [6, 6.07) is 2.29. The lowest BCUT2D eigenvalue weighted by molar-refractivity contribution is 0.713. The summed E-state index contributed by atoms with van der Waals surface area (Å²) in [6.07, 6.45) is 0. The fourth-order valence-corrected chi connectivity index (χ4v) is 2.82. The lowest BCUT2D eigenvalue weighted by Crippen LogP contribution is -2.37. The Morgan fingerprint density at radius 3 is 3.00 bits per heavy atom. The summed E-state index contributed by atoms with van der Waals surface area (Å²) in [7, 11) is 0. The van der Waals surface area contributed by atoms with Crippen LogP contribution in [-0.2, 0) is 6.54 Å². The fraction of sp³-hybridized carbons (Fsp3) is 0.444. The molecule has 0 aromatic carbocycles. The monoisotopic (exact) mass is 263 g/mol. The molecule has 15 heavy (non-hydrogen) atoms. The Morgan fingerprint density at radius 2 is 2.47 bits per heavy atom. The number of hydrogen-bond donors (Lipinski definition) is 2. The third kappa shape index (κ3) is 2.77. The first kappa shape index (κ1) is 11.0. The number of thiophene rings is 1. The van der Waals surface area contributed by atoms with Crippen molar-refractivity contribution in [2.24, 2.45) is 4.99 Å². The van der Waals surface area contributed by atoms with Gasteiger partial charge in [-0.15, -0.1) is 11.3 Å². The van der Waals surface area contributed by atoms with Crippen LogP contribution in [0.3, 0.4) is 0 Å². The van der Waals surface area contributed by atoms with Gasteiger partial charge in [-0.05, 0) is 13.0 Å². The van der Waals surface area contributed by atoms with Crippen LogP contribution >= 0.6 is 34.5 Å². The molecule has 1 aliphatic heterocycles. The lowest BCUT2D eigenvalue weighted by Gasteiger charge is -2.07. The van der Waals surface area contributed by atoms with Crippen molar-refractivity contribution < 1.29 is 0 Å². The molecule has 1 unspecified atom stereocenters. The van der Waals surface area contributed by atoms with Crippen molar-refractivity contribution in [2.75, 3.05) is 6.54 Å². The van der Waals surface area contributed by atoms with Crippen LogP contribution < -0.4 is 10.6 Å². The van der Waals surface area contributed by atoms with Crippen LogP contribution in [0.1, 0.15) is 12.5 Å². The first-order valence-electron chi connectivity index (χ1n) is 4.63. The van der Waals surface area contributed by atoms with E-state index in [2.05, 4.69) is 22.5 Å². The molecule has 6 heteroatoms. The highest BCUT2D eigenvalue weighted by atomic mass is 35.5. The molecule has 2 rings (SSSR count). The van der Waals surface area contributed by atoms with Gasteiger partial charge in [-0.1, -0.05) is 23.2 Å². The van der Waals surface area contributed by atoms with Gasteiger partial charge in [0.25, 0.3) is 0 Å². The van der Waals surface area contributed by atoms with Crippen LogP contribution in [0.5, 0.6) is 0 Å². The normalized spacial score (nSPS) is 19.9. The van der Waals surface area contributed by atoms with E-state index in [-0.39, 0.29) is 0 Å². The second kappa shape index (κ2) is 4.60. The summed E-state index contributed by atoms with van der Waals surface area (Å²) in [5.74, 6) is 0.834. The van der Waals surface area contributed by atoms with E-state index in [9.17, 15) is 0 Å². The van der Waals surface area contributed by atoms with Gasteiger partial charge in [0.15, 0.2) is 5.96 Å². The SMILES string of the molecule is CC1CN=C(NCc2cc(Cl)sc2Cl)N1. The molecule has 2 heterocycles. The Kier molecular flexibility index (Phi) is 3.38. The molecular formula is C9H11Cl2N3S. The Morgan fingerprint density at radius 1 is 1.67 bits per heavy atom. The zero-order chi connectivity index (χ0) is 10.8. The number of hydrogen-bond acceptors (Lipinski definition) is 4. The minimum Gasteiger partial charge on any atom is -0.352 e. The van der Waals surface area contributed by atoms with Crippen molar-refractivity contribution in [1.29, 1.82) is 0 Å². The third-order valence-electron chi connectivity index (χ3n) is 2.08. The van der Waals surface area contributed by atoms with Crippen molar-refractivity contribution in [2.45, 2.75) is 19.5 Å². The van der Waals surface area contributed by atoms with Crippen LogP contribution in [0.15, 0.2) is 11.1 Å². The molecule has 0 saturated heterocycles. The van der Waals surface area contributed by atoms with Crippen molar-refractivity contribution in [1.82, 2.24) is 10.6 Å². The van der Waals surface area contributed by atoms with Crippen LogP contribution in [0.25, 0.3) is 0 Å². The fourth-order valence-electron chi connectivity index (χ4n) is 1.33. The standard InChI is InChI=1S/C9H11Cl2N3S/c1-5-3-12-9(14-5)13-4-6-2-7(10)15-8(6)11/h2,5H,3-4H2,1H3,(H2,12,13,14). The zero-order valence-corrected chi connectivity index (χ0v) is 10.5. The Hall–Kier alpha value is -0.450. The maximum atomic E-state index is 5.99. The predicted molar refractivity (Wildman–Crippen MR) is 66.1 cm³/mol. The van der Waals surface area contributed by atoms with E-state index in [1.165, 1.54) is 11.3 Å². The minimum atomic E-state index is 0.411. The van der Waals surface area contributed by atoms with E-state index < -0.39 is 0 Å². The van der Waals surface area contributed by atoms with Crippen LogP contribution in [-0.4, -0.2) is 18.5 Å². The zero-order valence-electron chi connectivity index (χ0n) is 8.18. The minimum absolute atomic E-state index is 0.411. The maximum absolute atomic E-state index is 5.99. The molecular weight excluding hydrogens is 253 g/mol. The van der Waals surface area contributed by atoms with Gasteiger partial charge >= 0.3 is 0 Å². The highest BCUT2D eigenvalue weighted by Crippen LogP contribution is 2.30. The Bertz CT molecular complexity index is 389. The summed E-state index contributed by atoms with van der Waals surface area (Å²) in [6.45, 7) is 3.56. The van der Waals surface area contributed by atoms with Gasteiger partial charge in [0.1, 0.15) is 0 Å². The molecule has 3 nitrogen and oxygen atoms in total. The molecule has 0 fully saturated rings. The molecule has 1 aromatic heterocycles. The lowest BCUT2D eigenvalue weighted by atomic mass is 10.3. The van der Waals surface area contributed by atoms with E-state index >= 15 is 0 Å². The van der Waals surface area contributed by atoms with Gasteiger partial charge in [-0.2, -0.15) is 0 Å². The Balaban J connectivity index is 1.91. The molecule has 0 amide bonds. The quantitative estimate of drug-likeness (QED) is 0.861. The number of rotatable bonds is 2. The molecule has 1 atom stereocenters. The number of nitrogens with zero attached hydrogens (tertiary/aromatic N) is 1. The van der Waals surface area contributed by atoms with Crippen molar-refractivity contribution in [3.8, 4) is 0 Å². The highest BCUT2D eigenvalue weighted by molar-refractivity contribution is 7.20. The summed E-state index contributed by atoms with van der Waals surface area (Å²) >= 11 is 13.2. The van der Waals surface area contributed by atoms with Crippen LogP contribution in [0.4, 0.5) is 0 Å². The van der Waals surface area contributed by atoms with Crippen molar-refractivity contribution >= 4 is 40.5 Å². The highest BCUT2D eigenvalue weighted by Gasteiger charge is 2.12. The van der Waals surface area contributed by atoms with Crippen molar-refractivity contribution in [3.05, 3.63) is 20.3 Å². The summed E-state index contributed by atoms with van der Waals surface area (Å²) in [4.78, 5) is 4.29. The maximum Gasteiger partial charge on any atom is 0.191 e. The molecule has 0 bridgehead atoms. The second-order valence-electron chi connectivity index (χ2n) is 3.44. The molecule has 1 aliphatic rings. The molecule has 0 aliphatic carbocycles. The predicted octanol–water partition coefficient (Wildman–Crippen LogP) is 2.49. The van der Waals surface area contributed by atoms with E-state index in [0.717, 1.165) is 22.4 Å². The molecule has 0 saturated carbocycles. The number of aliphatic imine (C=N–C) groups is 1. The van der Waals surface area contributed by atoms with Gasteiger partial charge in [-0.25, -0.2) is 0 Å². The van der Waals surface area contributed by atoms with E-state index in [1.54, 1.807) is 0 Å². The number of nitrogens with one attached hydrogen (secondary N) is 2. The summed E-state index contributed by atoms with van der Waals surface area (Å²) in [5, 5.41) is 6.40. The Labute approximate surface area is 102 Å². The number of halogens is 2. The third-order valence-corrected chi connectivity index (χ3v) is 3.65. The molecule has 82 valence electrons. The van der Waals surface area contributed by atoms with Gasteiger partial charge in [0.2, 0.25) is 0 Å². The average Bonchev–Trinajstić information content (AvgIpc) is 2.70. The van der Waals surface area contributed by atoms with Crippen molar-refractivity contribution in [3.63, 3.8) is 0 Å². The molecule has 0 spiro atoms. The van der Waals surface area contributed by atoms with Crippen LogP contribution in [0.2, 0.25) is 8.67 Å². The second-order valence-corrected chi connectivity index (χ2v) is 5.72. The summed E-state index contributed by atoms with van der Waals surface area (Å²) in [5.41, 5.74) is 1.01. The molecule has 1 aromatic rings. The first-order chi connectivity index (χ1) is 7.15. The summed E-state index contributed by atoms with van der Waals surface area (Å²) < 4.78 is 1.45. The topological polar surface area (TPSA) is 36.4 Å². The van der Waals surface area contributed by atoms with E-state index in [4.69, 9.17) is 23.2 Å². The van der Waals surface area contributed by atoms with Crippen LogP contribution in [0, 0.1) is 0 Å². The van der Waals surface area contributed by atoms with Gasteiger partial charge in [0, 0.05) is 18.2 Å². The van der Waals surface area contributed by atoms with Gasteiger partial charge < -0.3 is 10.6 Å². The smallest absolute Gasteiger partial charge is 0.191 e. The molecule has 2 N–H and O–H groups in total. The number of guanidine groups is 1. The average molecular weight is 264 g/mol. The van der Waals surface area contributed by atoms with Gasteiger partial charge in [-0.3, -0.25) is 4.99 Å². The van der Waals surface area contributed by atoms with Gasteiger partial charge in [0.05, 0.1) is 15.2 Å².